The second-order valence-corrected chi connectivity index (χ2v) is 5.22. The van der Waals surface area contributed by atoms with Crippen molar-refractivity contribution >= 4 is 11.8 Å². The number of aliphatic hydroxyl groups excluding tert-OH is 1. The van der Waals surface area contributed by atoms with E-state index in [-0.39, 0.29) is 6.10 Å². The predicted octanol–water partition coefficient (Wildman–Crippen LogP) is 1.73. The topological polar surface area (TPSA) is 32.3 Å². The summed E-state index contributed by atoms with van der Waals surface area (Å²) >= 11 is 1.83. The van der Waals surface area contributed by atoms with E-state index >= 15 is 0 Å². The van der Waals surface area contributed by atoms with Gasteiger partial charge in [-0.15, -0.1) is 0 Å². The van der Waals surface area contributed by atoms with Gasteiger partial charge in [-0.3, -0.25) is 0 Å². The van der Waals surface area contributed by atoms with E-state index in [2.05, 4.69) is 33.0 Å². The number of hydrogen-bond donors (Lipinski definition) is 2. The van der Waals surface area contributed by atoms with Gasteiger partial charge in [0.05, 0.1) is 6.10 Å². The van der Waals surface area contributed by atoms with Gasteiger partial charge in [-0.2, -0.15) is 11.8 Å². The molecule has 0 aromatic rings. The van der Waals surface area contributed by atoms with Gasteiger partial charge in [0, 0.05) is 18.3 Å². The van der Waals surface area contributed by atoms with E-state index in [1.165, 1.54) is 0 Å². The van der Waals surface area contributed by atoms with Gasteiger partial charge in [0.1, 0.15) is 0 Å². The molecule has 0 fully saturated rings. The molecule has 3 heteroatoms. The lowest BCUT2D eigenvalue weighted by molar-refractivity contribution is 0.192. The first-order valence-corrected chi connectivity index (χ1v) is 6.17. The van der Waals surface area contributed by atoms with Crippen LogP contribution in [-0.2, 0) is 0 Å². The van der Waals surface area contributed by atoms with Crippen LogP contribution < -0.4 is 5.32 Å². The minimum absolute atomic E-state index is 0.203. The van der Waals surface area contributed by atoms with Gasteiger partial charge < -0.3 is 10.4 Å². The maximum Gasteiger partial charge on any atom is 0.0754 e. The van der Waals surface area contributed by atoms with E-state index in [9.17, 15) is 5.11 Å². The number of rotatable bonds is 7. The summed E-state index contributed by atoms with van der Waals surface area (Å²) < 4.78 is 0. The monoisotopic (exact) mass is 205 g/mol. The van der Waals surface area contributed by atoms with Crippen molar-refractivity contribution in [1.82, 2.24) is 5.32 Å². The standard InChI is InChI=1S/C10H23NOS/c1-8(2)6-13-7-10(12)5-11-9(3)4/h8-12H,5-7H2,1-4H3. The first-order chi connectivity index (χ1) is 6.02. The molecule has 0 rings (SSSR count). The van der Waals surface area contributed by atoms with Crippen LogP contribution in [0.3, 0.4) is 0 Å². The van der Waals surface area contributed by atoms with E-state index in [0.717, 1.165) is 17.4 Å². The van der Waals surface area contributed by atoms with Gasteiger partial charge in [-0.1, -0.05) is 27.7 Å². The summed E-state index contributed by atoms with van der Waals surface area (Å²) in [6, 6.07) is 0.463. The average Bonchev–Trinajstić information content (AvgIpc) is 2.00. The van der Waals surface area contributed by atoms with Crippen molar-refractivity contribution in [2.24, 2.45) is 5.92 Å². The Hall–Kier alpha value is 0.270. The molecule has 0 spiro atoms. The normalized spacial score (nSPS) is 14.1. The van der Waals surface area contributed by atoms with E-state index in [1.54, 1.807) is 0 Å². The number of hydrogen-bond acceptors (Lipinski definition) is 3. The van der Waals surface area contributed by atoms with Gasteiger partial charge in [0.15, 0.2) is 0 Å². The van der Waals surface area contributed by atoms with E-state index in [4.69, 9.17) is 0 Å². The summed E-state index contributed by atoms with van der Waals surface area (Å²) in [7, 11) is 0. The number of aliphatic hydroxyl groups is 1. The fourth-order valence-corrected chi connectivity index (χ4v) is 1.87. The van der Waals surface area contributed by atoms with Crippen LogP contribution in [0.5, 0.6) is 0 Å². The van der Waals surface area contributed by atoms with Gasteiger partial charge in [-0.05, 0) is 11.7 Å². The molecule has 0 amide bonds. The third kappa shape index (κ3) is 10.2. The Morgan fingerprint density at radius 1 is 1.15 bits per heavy atom. The molecule has 80 valence electrons. The summed E-state index contributed by atoms with van der Waals surface area (Å²) in [6.45, 7) is 9.29. The third-order valence-electron chi connectivity index (χ3n) is 1.52. The lowest BCUT2D eigenvalue weighted by Gasteiger charge is -2.14. The van der Waals surface area contributed by atoms with Crippen molar-refractivity contribution in [3.05, 3.63) is 0 Å². The van der Waals surface area contributed by atoms with Crippen LogP contribution in [0.2, 0.25) is 0 Å². The first-order valence-electron chi connectivity index (χ1n) is 5.01. The van der Waals surface area contributed by atoms with Crippen LogP contribution in [-0.4, -0.2) is 35.3 Å². The lowest BCUT2D eigenvalue weighted by Crippen LogP contribution is -2.33. The van der Waals surface area contributed by atoms with Gasteiger partial charge in [0.25, 0.3) is 0 Å². The molecule has 13 heavy (non-hydrogen) atoms. The summed E-state index contributed by atoms with van der Waals surface area (Å²) in [4.78, 5) is 0. The molecule has 0 bridgehead atoms. The molecule has 0 heterocycles. The molecular formula is C10H23NOS. The second-order valence-electron chi connectivity index (χ2n) is 4.15. The van der Waals surface area contributed by atoms with E-state index in [0.29, 0.717) is 12.6 Å². The minimum atomic E-state index is -0.203. The highest BCUT2D eigenvalue weighted by Gasteiger charge is 2.05. The number of thioether (sulfide) groups is 1. The van der Waals surface area contributed by atoms with Crippen molar-refractivity contribution in [1.29, 1.82) is 0 Å². The summed E-state index contributed by atoms with van der Waals surface area (Å²) in [5.74, 6) is 2.70. The maximum absolute atomic E-state index is 9.53. The molecular weight excluding hydrogens is 182 g/mol. The molecule has 2 nitrogen and oxygen atoms in total. The van der Waals surface area contributed by atoms with E-state index < -0.39 is 0 Å². The highest BCUT2D eigenvalue weighted by atomic mass is 32.2. The molecule has 1 atom stereocenters. The van der Waals surface area contributed by atoms with Crippen molar-refractivity contribution in [2.45, 2.75) is 39.8 Å². The molecule has 0 aromatic carbocycles. The largest absolute Gasteiger partial charge is 0.391 e. The molecule has 1 unspecified atom stereocenters. The Bertz CT molecular complexity index is 117. The second kappa shape index (κ2) is 7.65. The van der Waals surface area contributed by atoms with Crippen LogP contribution in [0, 0.1) is 5.92 Å². The maximum atomic E-state index is 9.53. The van der Waals surface area contributed by atoms with Crippen LogP contribution in [0.1, 0.15) is 27.7 Å². The zero-order valence-corrected chi connectivity index (χ0v) is 10.0. The Morgan fingerprint density at radius 3 is 2.23 bits per heavy atom. The van der Waals surface area contributed by atoms with Gasteiger partial charge >= 0.3 is 0 Å². The molecule has 0 aliphatic heterocycles. The first kappa shape index (κ1) is 13.3. The van der Waals surface area contributed by atoms with Crippen LogP contribution in [0.15, 0.2) is 0 Å². The van der Waals surface area contributed by atoms with Crippen LogP contribution >= 0.6 is 11.8 Å². The Kier molecular flexibility index (Phi) is 7.81. The molecule has 2 N–H and O–H groups in total. The quantitative estimate of drug-likeness (QED) is 0.664. The highest BCUT2D eigenvalue weighted by Crippen LogP contribution is 2.08. The molecule has 0 saturated heterocycles. The fraction of sp³-hybridized carbons (Fsp3) is 1.00. The predicted molar refractivity (Wildman–Crippen MR) is 61.3 cm³/mol. The van der Waals surface area contributed by atoms with E-state index in [1.807, 2.05) is 11.8 Å². The molecule has 0 radical (unpaired) electrons. The highest BCUT2D eigenvalue weighted by molar-refractivity contribution is 7.99. The molecule has 0 aliphatic rings. The number of nitrogens with one attached hydrogen (secondary N) is 1. The van der Waals surface area contributed by atoms with Crippen molar-refractivity contribution < 1.29 is 5.11 Å². The third-order valence-corrected chi connectivity index (χ3v) is 3.05. The average molecular weight is 205 g/mol. The molecule has 0 saturated carbocycles. The molecule has 0 aromatic heterocycles. The fourth-order valence-electron chi connectivity index (χ4n) is 0.870. The molecule has 0 aliphatic carbocycles. The van der Waals surface area contributed by atoms with Gasteiger partial charge in [0.2, 0.25) is 0 Å². The summed E-state index contributed by atoms with van der Waals surface area (Å²) in [5, 5.41) is 12.7. The zero-order chi connectivity index (χ0) is 10.3. The SMILES string of the molecule is CC(C)CSCC(O)CNC(C)C. The zero-order valence-electron chi connectivity index (χ0n) is 9.21. The van der Waals surface area contributed by atoms with Crippen LogP contribution in [0.25, 0.3) is 0 Å². The summed E-state index contributed by atoms with van der Waals surface area (Å²) in [5.41, 5.74) is 0. The Labute approximate surface area is 86.5 Å². The van der Waals surface area contributed by atoms with Crippen LogP contribution in [0.4, 0.5) is 0 Å². The van der Waals surface area contributed by atoms with Crippen molar-refractivity contribution in [3.8, 4) is 0 Å². The minimum Gasteiger partial charge on any atom is -0.391 e. The Morgan fingerprint density at radius 2 is 1.77 bits per heavy atom. The lowest BCUT2D eigenvalue weighted by atomic mass is 10.3. The van der Waals surface area contributed by atoms with Gasteiger partial charge in [-0.25, -0.2) is 0 Å². The van der Waals surface area contributed by atoms with Crippen molar-refractivity contribution in [2.75, 3.05) is 18.1 Å². The summed E-state index contributed by atoms with van der Waals surface area (Å²) in [6.07, 6.45) is -0.203. The van der Waals surface area contributed by atoms with Crippen molar-refractivity contribution in [3.63, 3.8) is 0 Å². The smallest absolute Gasteiger partial charge is 0.0754 e. The Balaban J connectivity index is 3.25.